The summed E-state index contributed by atoms with van der Waals surface area (Å²) in [6.07, 6.45) is 5.14. The Bertz CT molecular complexity index is 204. The molecule has 1 unspecified atom stereocenters. The molecule has 0 aliphatic heterocycles. The molecule has 1 saturated carbocycles. The summed E-state index contributed by atoms with van der Waals surface area (Å²) in [7, 11) is 2.08. The van der Waals surface area contributed by atoms with Crippen molar-refractivity contribution in [3.63, 3.8) is 0 Å². The third-order valence-electron chi connectivity index (χ3n) is 3.20. The Hall–Kier alpha value is -0.260. The predicted octanol–water partition coefficient (Wildman–Crippen LogP) is 2.63. The fourth-order valence-corrected chi connectivity index (χ4v) is 2.34. The van der Waals surface area contributed by atoms with Crippen LogP contribution in [0.1, 0.15) is 32.6 Å². The maximum atomic E-state index is 8.62. The van der Waals surface area contributed by atoms with Gasteiger partial charge in [0.2, 0.25) is 0 Å². The smallest absolute Gasteiger partial charge is 0.133 e. The van der Waals surface area contributed by atoms with Crippen LogP contribution < -0.4 is 0 Å². The van der Waals surface area contributed by atoms with E-state index in [2.05, 4.69) is 24.9 Å². The van der Waals surface area contributed by atoms with Crippen LogP contribution in [-0.4, -0.2) is 29.9 Å². The minimum absolute atomic E-state index is 0.362. The largest absolute Gasteiger partial charge is 0.301 e. The van der Waals surface area contributed by atoms with Gasteiger partial charge in [0, 0.05) is 12.6 Å². The van der Waals surface area contributed by atoms with Crippen LogP contribution >= 0.6 is 11.6 Å². The Morgan fingerprint density at radius 3 is 2.50 bits per heavy atom. The molecule has 0 aromatic heterocycles. The van der Waals surface area contributed by atoms with Crippen molar-refractivity contribution in [3.05, 3.63) is 0 Å². The monoisotopic (exact) mass is 214 g/mol. The van der Waals surface area contributed by atoms with Gasteiger partial charge in [0.15, 0.2) is 0 Å². The normalized spacial score (nSPS) is 29.9. The van der Waals surface area contributed by atoms with Gasteiger partial charge >= 0.3 is 0 Å². The van der Waals surface area contributed by atoms with E-state index in [9.17, 15) is 0 Å². The van der Waals surface area contributed by atoms with Gasteiger partial charge in [-0.05, 0) is 38.6 Å². The lowest BCUT2D eigenvalue weighted by Crippen LogP contribution is -2.38. The van der Waals surface area contributed by atoms with Crippen molar-refractivity contribution in [2.75, 3.05) is 13.6 Å². The highest BCUT2D eigenvalue weighted by molar-refractivity contribution is 6.22. The molecule has 0 bridgehead atoms. The summed E-state index contributed by atoms with van der Waals surface area (Å²) < 4.78 is 0. The molecule has 0 spiro atoms. The van der Waals surface area contributed by atoms with Crippen molar-refractivity contribution in [3.8, 4) is 6.07 Å². The Kier molecular flexibility index (Phi) is 4.71. The van der Waals surface area contributed by atoms with E-state index < -0.39 is 0 Å². The quantitative estimate of drug-likeness (QED) is 0.676. The van der Waals surface area contributed by atoms with Gasteiger partial charge in [-0.15, -0.1) is 11.6 Å². The second kappa shape index (κ2) is 5.58. The zero-order chi connectivity index (χ0) is 10.6. The van der Waals surface area contributed by atoms with E-state index >= 15 is 0 Å². The van der Waals surface area contributed by atoms with E-state index in [-0.39, 0.29) is 5.38 Å². The zero-order valence-corrected chi connectivity index (χ0v) is 9.80. The van der Waals surface area contributed by atoms with Crippen molar-refractivity contribution in [1.29, 1.82) is 5.26 Å². The fourth-order valence-electron chi connectivity index (χ4n) is 2.13. The number of halogens is 1. The molecule has 1 aliphatic carbocycles. The van der Waals surface area contributed by atoms with Crippen LogP contribution in [-0.2, 0) is 0 Å². The van der Waals surface area contributed by atoms with Crippen LogP contribution in [0, 0.1) is 17.2 Å². The van der Waals surface area contributed by atoms with Crippen molar-refractivity contribution in [1.82, 2.24) is 4.90 Å². The van der Waals surface area contributed by atoms with Gasteiger partial charge in [-0.3, -0.25) is 0 Å². The summed E-state index contributed by atoms with van der Waals surface area (Å²) in [4.78, 5) is 2.24. The first-order valence-corrected chi connectivity index (χ1v) is 5.81. The third kappa shape index (κ3) is 3.48. The minimum Gasteiger partial charge on any atom is -0.301 e. The van der Waals surface area contributed by atoms with Crippen LogP contribution in [0.2, 0.25) is 0 Å². The second-order valence-corrected chi connectivity index (χ2v) is 4.98. The first kappa shape index (κ1) is 11.8. The predicted molar refractivity (Wildman–Crippen MR) is 59.3 cm³/mol. The summed E-state index contributed by atoms with van der Waals surface area (Å²) in [5.74, 6) is 0.877. The van der Waals surface area contributed by atoms with Crippen LogP contribution in [0.5, 0.6) is 0 Å². The van der Waals surface area contributed by atoms with Gasteiger partial charge in [0.05, 0.1) is 6.07 Å². The fraction of sp³-hybridized carbons (Fsp3) is 0.909. The lowest BCUT2D eigenvalue weighted by atomic mass is 9.87. The van der Waals surface area contributed by atoms with Crippen molar-refractivity contribution < 1.29 is 0 Å². The van der Waals surface area contributed by atoms with E-state index in [0.29, 0.717) is 12.6 Å². The van der Waals surface area contributed by atoms with Gasteiger partial charge in [-0.25, -0.2) is 0 Å². The maximum absolute atomic E-state index is 8.62. The number of hydrogen-bond donors (Lipinski definition) is 0. The average Bonchev–Trinajstić information content (AvgIpc) is 2.18. The Labute approximate surface area is 91.8 Å². The molecule has 1 atom stereocenters. The van der Waals surface area contributed by atoms with Crippen molar-refractivity contribution >= 4 is 11.6 Å². The van der Waals surface area contributed by atoms with E-state index in [1.54, 1.807) is 0 Å². The Morgan fingerprint density at radius 2 is 2.00 bits per heavy atom. The molecular weight excluding hydrogens is 196 g/mol. The SMILES string of the molecule is CC1CCC(N(C)CC(Cl)C#N)CC1. The molecule has 0 saturated heterocycles. The highest BCUT2D eigenvalue weighted by Gasteiger charge is 2.22. The molecule has 1 fully saturated rings. The molecule has 3 heteroatoms. The number of alkyl halides is 1. The summed E-state index contributed by atoms with van der Waals surface area (Å²) in [6, 6.07) is 2.71. The highest BCUT2D eigenvalue weighted by Crippen LogP contribution is 2.26. The topological polar surface area (TPSA) is 27.0 Å². The highest BCUT2D eigenvalue weighted by atomic mass is 35.5. The van der Waals surface area contributed by atoms with Crippen molar-refractivity contribution in [2.45, 2.75) is 44.0 Å². The lowest BCUT2D eigenvalue weighted by molar-refractivity contribution is 0.174. The van der Waals surface area contributed by atoms with Crippen LogP contribution in [0.3, 0.4) is 0 Å². The van der Waals surface area contributed by atoms with Gasteiger partial charge in [0.1, 0.15) is 5.38 Å². The molecule has 1 rings (SSSR count). The summed E-state index contributed by atoms with van der Waals surface area (Å²) in [5.41, 5.74) is 0. The first-order chi connectivity index (χ1) is 6.63. The number of rotatable bonds is 3. The molecule has 0 N–H and O–H groups in total. The molecule has 0 radical (unpaired) electrons. The molecule has 0 aromatic carbocycles. The molecule has 0 heterocycles. The lowest BCUT2D eigenvalue weighted by Gasteiger charge is -2.33. The Balaban J connectivity index is 2.31. The van der Waals surface area contributed by atoms with Gasteiger partial charge in [-0.1, -0.05) is 6.92 Å². The van der Waals surface area contributed by atoms with Crippen LogP contribution in [0.15, 0.2) is 0 Å². The van der Waals surface area contributed by atoms with E-state index in [1.807, 2.05) is 0 Å². The van der Waals surface area contributed by atoms with E-state index in [0.717, 1.165) is 5.92 Å². The molecule has 14 heavy (non-hydrogen) atoms. The summed E-state index contributed by atoms with van der Waals surface area (Å²) in [6.45, 7) is 3.01. The maximum Gasteiger partial charge on any atom is 0.133 e. The molecule has 1 aliphatic rings. The minimum atomic E-state index is -0.362. The van der Waals surface area contributed by atoms with Gasteiger partial charge in [0.25, 0.3) is 0 Å². The first-order valence-electron chi connectivity index (χ1n) is 5.37. The van der Waals surface area contributed by atoms with Crippen LogP contribution in [0.25, 0.3) is 0 Å². The second-order valence-electron chi connectivity index (χ2n) is 4.45. The third-order valence-corrected chi connectivity index (χ3v) is 3.43. The molecule has 80 valence electrons. The average molecular weight is 215 g/mol. The number of hydrogen-bond acceptors (Lipinski definition) is 2. The molecular formula is C11H19ClN2. The van der Waals surface area contributed by atoms with Crippen molar-refractivity contribution in [2.24, 2.45) is 5.92 Å². The van der Waals surface area contributed by atoms with Gasteiger partial charge < -0.3 is 4.90 Å². The summed E-state index contributed by atoms with van der Waals surface area (Å²) >= 11 is 5.81. The molecule has 2 nitrogen and oxygen atoms in total. The van der Waals surface area contributed by atoms with E-state index in [1.165, 1.54) is 25.7 Å². The zero-order valence-electron chi connectivity index (χ0n) is 9.04. The summed E-state index contributed by atoms with van der Waals surface area (Å²) in [5, 5.41) is 8.25. The van der Waals surface area contributed by atoms with Gasteiger partial charge in [-0.2, -0.15) is 5.26 Å². The number of nitriles is 1. The standard InChI is InChI=1S/C11H19ClN2/c1-9-3-5-11(6-4-9)14(2)8-10(12)7-13/h9-11H,3-6,8H2,1-2H3. The number of nitrogens with zero attached hydrogens (tertiary/aromatic N) is 2. The molecule has 0 aromatic rings. The van der Waals surface area contributed by atoms with E-state index in [4.69, 9.17) is 16.9 Å². The Morgan fingerprint density at radius 1 is 1.43 bits per heavy atom. The molecule has 0 amide bonds. The van der Waals surface area contributed by atoms with Crippen LogP contribution in [0.4, 0.5) is 0 Å².